The first kappa shape index (κ1) is 14.1. The molecule has 14 heavy (non-hydrogen) atoms. The van der Waals surface area contributed by atoms with Gasteiger partial charge in [-0.05, 0) is 6.92 Å². The summed E-state index contributed by atoms with van der Waals surface area (Å²) in [5, 5.41) is 0. The van der Waals surface area contributed by atoms with Gasteiger partial charge in [-0.1, -0.05) is 17.4 Å². The minimum Gasteiger partial charge on any atom is -0.388 e. The average Bonchev–Trinajstić information content (AvgIpc) is 2.20. The van der Waals surface area contributed by atoms with Crippen LogP contribution >= 0.6 is 0 Å². The van der Waals surface area contributed by atoms with Crippen molar-refractivity contribution in [2.45, 2.75) is 18.5 Å². The molecule has 0 unspecified atom stereocenters. The smallest absolute Gasteiger partial charge is 0.136 e. The first-order valence-corrected chi connectivity index (χ1v) is 7.81. The molecular formula is C9H19O3Si2. The molecule has 0 atom stereocenters. The molecule has 0 saturated carbocycles. The van der Waals surface area contributed by atoms with Gasteiger partial charge in [0.1, 0.15) is 24.2 Å². The molecule has 5 heteroatoms. The van der Waals surface area contributed by atoms with Crippen molar-refractivity contribution >= 4 is 18.3 Å². The van der Waals surface area contributed by atoms with E-state index in [2.05, 4.69) is 11.8 Å². The van der Waals surface area contributed by atoms with Gasteiger partial charge in [0.05, 0.1) is 0 Å². The Hall–Kier alpha value is 0.0538. The fourth-order valence-corrected chi connectivity index (χ4v) is 4.92. The molecule has 0 aromatic rings. The number of allylic oxidation sites excluding steroid dienone is 1. The van der Waals surface area contributed by atoms with E-state index in [0.29, 0.717) is 9.52 Å². The lowest BCUT2D eigenvalue weighted by Crippen LogP contribution is -2.28. The van der Waals surface area contributed by atoms with Crippen molar-refractivity contribution in [1.82, 2.24) is 0 Å². The quantitative estimate of drug-likeness (QED) is 0.461. The van der Waals surface area contributed by atoms with Crippen LogP contribution in [-0.2, 0) is 14.2 Å². The van der Waals surface area contributed by atoms with E-state index in [4.69, 9.17) is 14.2 Å². The molecule has 3 radical (unpaired) electrons. The molecular weight excluding hydrogens is 212 g/mol. The maximum Gasteiger partial charge on any atom is 0.136 e. The Morgan fingerprint density at radius 2 is 1.93 bits per heavy atom. The third-order valence-corrected chi connectivity index (χ3v) is 6.56. The summed E-state index contributed by atoms with van der Waals surface area (Å²) in [5.41, 5.74) is 3.42. The van der Waals surface area contributed by atoms with Crippen LogP contribution in [0.25, 0.3) is 0 Å². The number of hydrogen-bond acceptors (Lipinski definition) is 3. The monoisotopic (exact) mass is 231 g/mol. The Morgan fingerprint density at radius 1 is 1.29 bits per heavy atom. The van der Waals surface area contributed by atoms with Gasteiger partial charge in [-0.2, -0.15) is 0 Å². The van der Waals surface area contributed by atoms with Crippen LogP contribution in [0.2, 0.25) is 5.67 Å². The van der Waals surface area contributed by atoms with Crippen LogP contribution in [0.15, 0.2) is 11.8 Å². The van der Waals surface area contributed by atoms with Gasteiger partial charge in [-0.25, -0.2) is 0 Å². The van der Waals surface area contributed by atoms with Crippen LogP contribution in [-0.4, -0.2) is 51.8 Å². The molecule has 0 spiro atoms. The van der Waals surface area contributed by atoms with E-state index in [-0.39, 0.29) is 5.91 Å². The second-order valence-corrected chi connectivity index (χ2v) is 7.01. The molecule has 0 amide bonds. The lowest BCUT2D eigenvalue weighted by Gasteiger charge is -2.14. The second kappa shape index (κ2) is 9.60. The highest BCUT2D eigenvalue weighted by molar-refractivity contribution is 6.73. The van der Waals surface area contributed by atoms with E-state index < -0.39 is 8.80 Å². The van der Waals surface area contributed by atoms with Gasteiger partial charge < -0.3 is 14.2 Å². The van der Waals surface area contributed by atoms with Crippen molar-refractivity contribution in [3.05, 3.63) is 11.8 Å². The minimum absolute atomic E-state index is 0.0443. The molecule has 0 rings (SSSR count). The molecule has 81 valence electrons. The first-order valence-electron chi connectivity index (χ1n) is 4.53. The molecule has 0 aromatic carbocycles. The van der Waals surface area contributed by atoms with Gasteiger partial charge in [0.25, 0.3) is 0 Å². The van der Waals surface area contributed by atoms with Gasteiger partial charge >= 0.3 is 0 Å². The fraction of sp³-hybridized carbons (Fsp3) is 0.778. The highest BCUT2D eigenvalue weighted by Crippen LogP contribution is 1.99. The van der Waals surface area contributed by atoms with E-state index in [9.17, 15) is 0 Å². The predicted octanol–water partition coefficient (Wildman–Crippen LogP) is 1.02. The van der Waals surface area contributed by atoms with Crippen LogP contribution in [0.5, 0.6) is 0 Å². The molecule has 0 aliphatic heterocycles. The van der Waals surface area contributed by atoms with Gasteiger partial charge in [0.2, 0.25) is 0 Å². The van der Waals surface area contributed by atoms with Crippen molar-refractivity contribution in [2.24, 2.45) is 0 Å². The van der Waals surface area contributed by atoms with Gasteiger partial charge in [-0.15, -0.1) is 0 Å². The van der Waals surface area contributed by atoms with Gasteiger partial charge in [0.15, 0.2) is 0 Å². The normalized spacial score (nSPS) is 12.1. The summed E-state index contributed by atoms with van der Waals surface area (Å²) in [7, 11) is 5.29. The zero-order valence-corrected chi connectivity index (χ0v) is 11.4. The largest absolute Gasteiger partial charge is 0.388 e. The van der Waals surface area contributed by atoms with E-state index in [1.807, 2.05) is 6.92 Å². The lowest BCUT2D eigenvalue weighted by atomic mass is 10.8. The van der Waals surface area contributed by atoms with Crippen LogP contribution in [0, 0.1) is 0 Å². The average molecular weight is 231 g/mol. The molecule has 0 fully saturated rings. The Bertz CT molecular complexity index is 149. The molecule has 0 heterocycles. The van der Waals surface area contributed by atoms with Crippen molar-refractivity contribution < 1.29 is 14.2 Å². The highest BCUT2D eigenvalue weighted by Gasteiger charge is 2.12. The zero-order valence-electron chi connectivity index (χ0n) is 9.37. The predicted molar refractivity (Wildman–Crippen MR) is 60.8 cm³/mol. The van der Waals surface area contributed by atoms with E-state index >= 15 is 0 Å². The summed E-state index contributed by atoms with van der Waals surface area (Å²) in [4.78, 5) is 0. The summed E-state index contributed by atoms with van der Waals surface area (Å²) in [6, 6.07) is 0. The summed E-state index contributed by atoms with van der Waals surface area (Å²) in [6.45, 7) is 2.05. The molecule has 0 aliphatic rings. The maximum absolute atomic E-state index is 5.17. The number of methoxy groups -OCH3 is 3. The second-order valence-electron chi connectivity index (χ2n) is 2.78. The minimum atomic E-state index is -0.512. The first-order chi connectivity index (χ1) is 6.78. The molecule has 0 aliphatic carbocycles. The summed E-state index contributed by atoms with van der Waals surface area (Å²) in [6.07, 6.45) is 2.97. The Balaban J connectivity index is 3.79. The third kappa shape index (κ3) is 6.50. The molecule has 0 aromatic heterocycles. The summed E-state index contributed by atoms with van der Waals surface area (Å²) < 4.78 is 15.5. The lowest BCUT2D eigenvalue weighted by molar-refractivity contribution is -0.0437. The molecule has 0 saturated heterocycles. The molecule has 3 nitrogen and oxygen atoms in total. The van der Waals surface area contributed by atoms with E-state index in [0.717, 1.165) is 11.9 Å². The van der Waals surface area contributed by atoms with Crippen molar-refractivity contribution in [2.75, 3.05) is 27.6 Å². The van der Waals surface area contributed by atoms with E-state index in [1.54, 1.807) is 21.3 Å². The fourth-order valence-electron chi connectivity index (χ4n) is 1.06. The van der Waals surface area contributed by atoms with E-state index in [1.165, 1.54) is 0 Å². The Labute approximate surface area is 90.9 Å². The van der Waals surface area contributed by atoms with Crippen molar-refractivity contribution in [3.8, 4) is 0 Å². The number of ether oxygens (including phenoxy) is 3. The molecule has 0 bridgehead atoms. The van der Waals surface area contributed by atoms with Crippen LogP contribution in [0.4, 0.5) is 0 Å². The number of rotatable bonds is 8. The Morgan fingerprint density at radius 3 is 2.36 bits per heavy atom. The van der Waals surface area contributed by atoms with Crippen LogP contribution in [0.3, 0.4) is 0 Å². The maximum atomic E-state index is 5.17. The highest BCUT2D eigenvalue weighted by atomic mass is 28.3. The number of hydrogen-bond donors (Lipinski definition) is 0. The summed E-state index contributed by atoms with van der Waals surface area (Å²) in [5.74, 6) is -0.0443. The SMILES string of the molecule is C/C=C/[Si](COC)C[Si]C(OC)OC. The van der Waals surface area contributed by atoms with Crippen LogP contribution in [0.1, 0.15) is 6.92 Å². The van der Waals surface area contributed by atoms with Crippen molar-refractivity contribution in [1.29, 1.82) is 0 Å². The van der Waals surface area contributed by atoms with Crippen molar-refractivity contribution in [3.63, 3.8) is 0 Å². The third-order valence-electron chi connectivity index (χ3n) is 1.66. The van der Waals surface area contributed by atoms with Gasteiger partial charge in [-0.3, -0.25) is 0 Å². The topological polar surface area (TPSA) is 27.7 Å². The standard InChI is InChI=1S/C9H19O3Si2/c1-5-6-14(7-10-2)8-13-9(11-3)12-4/h5-6,9H,7-8H2,1-4H3/b6-5+. The zero-order chi connectivity index (χ0) is 10.8. The molecule has 0 N–H and O–H groups in total. The van der Waals surface area contributed by atoms with Crippen LogP contribution < -0.4 is 0 Å². The Kier molecular flexibility index (Phi) is 9.64. The van der Waals surface area contributed by atoms with Gasteiger partial charge in [0, 0.05) is 27.6 Å². The summed E-state index contributed by atoms with van der Waals surface area (Å²) >= 11 is 0.